The third-order valence-electron chi connectivity index (χ3n) is 5.40. The molecule has 24 heteroatoms. The van der Waals surface area contributed by atoms with E-state index in [4.69, 9.17) is 0 Å². The molecular weight excluding hydrogens is 700 g/mol. The summed E-state index contributed by atoms with van der Waals surface area (Å²) in [6, 6.07) is 1.20. The second kappa shape index (κ2) is 11.0. The standard InChI is InChI=1S/C18H18F12O8S4/c1-14(2,3)11-5-9(7-12(39(31,32)15(19,20)21)40(33,34)16(22,23)24)4-10(6-11)8-13(41(35,36)17(25,26)27)42(37,38)18(28,29)30/h4-6,12-13H,7-8H2,1-3H3. The SMILES string of the molecule is CC(C)(C)c1cc(CC(S(=O)(=O)C(F)(F)F)S(=O)(=O)C(F)(F)F)cc(CC(S(=O)(=O)C(F)(F)F)S(=O)(=O)C(F)(F)F)c1. The maximum atomic E-state index is 13.1. The molecule has 0 saturated carbocycles. The van der Waals surface area contributed by atoms with Gasteiger partial charge in [-0.25, -0.2) is 33.7 Å². The highest BCUT2D eigenvalue weighted by Gasteiger charge is 2.64. The van der Waals surface area contributed by atoms with Crippen molar-refractivity contribution in [2.24, 2.45) is 0 Å². The molecule has 0 heterocycles. The number of hydrogen-bond donors (Lipinski definition) is 0. The molecule has 0 aliphatic carbocycles. The van der Waals surface area contributed by atoms with Gasteiger partial charge in [-0.2, -0.15) is 52.7 Å². The van der Waals surface area contributed by atoms with E-state index in [9.17, 15) is 86.4 Å². The lowest BCUT2D eigenvalue weighted by Gasteiger charge is -2.25. The Bertz CT molecular complexity index is 1410. The van der Waals surface area contributed by atoms with Crippen molar-refractivity contribution in [3.05, 3.63) is 34.9 Å². The van der Waals surface area contributed by atoms with Crippen LogP contribution in [0.25, 0.3) is 0 Å². The fourth-order valence-electron chi connectivity index (χ4n) is 3.18. The maximum Gasteiger partial charge on any atom is 0.498 e. The first-order valence-electron chi connectivity index (χ1n) is 10.4. The summed E-state index contributed by atoms with van der Waals surface area (Å²) in [4.78, 5) is 0. The van der Waals surface area contributed by atoms with Gasteiger partial charge in [0.05, 0.1) is 0 Å². The van der Waals surface area contributed by atoms with E-state index < -0.39 is 105 Å². The third kappa shape index (κ3) is 7.45. The first-order valence-corrected chi connectivity index (χ1v) is 16.6. The highest BCUT2D eigenvalue weighted by molar-refractivity contribution is 8.10. The Morgan fingerprint density at radius 1 is 0.476 bits per heavy atom. The van der Waals surface area contributed by atoms with Crippen molar-refractivity contribution < 1.29 is 86.4 Å². The molecule has 0 aromatic heterocycles. The van der Waals surface area contributed by atoms with Crippen LogP contribution in [0.3, 0.4) is 0 Å². The number of alkyl halides is 12. The summed E-state index contributed by atoms with van der Waals surface area (Å²) >= 11 is 0. The second-order valence-electron chi connectivity index (χ2n) is 9.52. The third-order valence-corrected chi connectivity index (χ3v) is 14.5. The summed E-state index contributed by atoms with van der Waals surface area (Å²) in [5.74, 6) is 0. The smallest absolute Gasteiger partial charge is 0.218 e. The van der Waals surface area contributed by atoms with Gasteiger partial charge in [0.2, 0.25) is 0 Å². The Balaban J connectivity index is 4.11. The lowest BCUT2D eigenvalue weighted by Crippen LogP contribution is -2.46. The summed E-state index contributed by atoms with van der Waals surface area (Å²) in [5.41, 5.74) is -30.6. The van der Waals surface area contributed by atoms with Crippen molar-refractivity contribution in [3.63, 3.8) is 0 Å². The number of benzene rings is 1. The normalized spacial score (nSPS) is 15.5. The summed E-state index contributed by atoms with van der Waals surface area (Å²) < 4.78 is 244. The quantitative estimate of drug-likeness (QED) is 0.360. The Morgan fingerprint density at radius 2 is 0.690 bits per heavy atom. The topological polar surface area (TPSA) is 137 Å². The Hall–Kier alpha value is -1.82. The molecule has 0 atom stereocenters. The first kappa shape index (κ1) is 38.2. The van der Waals surface area contributed by atoms with E-state index in [0.29, 0.717) is 12.1 Å². The van der Waals surface area contributed by atoms with Gasteiger partial charge in [-0.15, -0.1) is 0 Å². The van der Waals surface area contributed by atoms with Gasteiger partial charge >= 0.3 is 22.0 Å². The molecule has 0 spiro atoms. The molecular formula is C18H18F12O8S4. The average Bonchev–Trinajstić information content (AvgIpc) is 2.71. The fraction of sp³-hybridized carbons (Fsp3) is 0.667. The van der Waals surface area contributed by atoms with Crippen molar-refractivity contribution in [1.29, 1.82) is 0 Å². The molecule has 8 nitrogen and oxygen atoms in total. The van der Waals surface area contributed by atoms with Crippen molar-refractivity contribution in [2.75, 3.05) is 0 Å². The minimum atomic E-state index is -7.24. The van der Waals surface area contributed by atoms with Crippen LogP contribution in [0, 0.1) is 0 Å². The molecule has 0 bridgehead atoms. The zero-order valence-electron chi connectivity index (χ0n) is 20.7. The maximum absolute atomic E-state index is 13.1. The van der Waals surface area contributed by atoms with Crippen molar-refractivity contribution in [3.8, 4) is 0 Å². The van der Waals surface area contributed by atoms with Gasteiger partial charge in [-0.1, -0.05) is 39.0 Å². The van der Waals surface area contributed by atoms with Gasteiger partial charge in [-0.3, -0.25) is 0 Å². The molecule has 1 aromatic carbocycles. The number of sulfone groups is 4. The Labute approximate surface area is 230 Å². The van der Waals surface area contributed by atoms with E-state index in [1.165, 1.54) is 20.8 Å². The molecule has 246 valence electrons. The van der Waals surface area contributed by atoms with Crippen LogP contribution in [-0.2, 0) is 57.6 Å². The largest absolute Gasteiger partial charge is 0.498 e. The van der Waals surface area contributed by atoms with E-state index in [-0.39, 0.29) is 6.07 Å². The van der Waals surface area contributed by atoms with Gasteiger partial charge in [0.25, 0.3) is 39.3 Å². The fourth-order valence-corrected chi connectivity index (χ4v) is 10.0. The lowest BCUT2D eigenvalue weighted by atomic mass is 9.84. The zero-order valence-corrected chi connectivity index (χ0v) is 24.0. The molecule has 0 radical (unpaired) electrons. The minimum absolute atomic E-state index is 0.0881. The van der Waals surface area contributed by atoms with Crippen LogP contribution in [0.4, 0.5) is 52.7 Å². The van der Waals surface area contributed by atoms with Crippen LogP contribution in [0.2, 0.25) is 0 Å². The first-order chi connectivity index (χ1) is 18.0. The summed E-state index contributed by atoms with van der Waals surface area (Å²) in [6.45, 7) is 3.59. The van der Waals surface area contributed by atoms with Gasteiger partial charge < -0.3 is 0 Å². The van der Waals surface area contributed by atoms with Crippen LogP contribution in [0.5, 0.6) is 0 Å². The molecule has 0 amide bonds. The van der Waals surface area contributed by atoms with Crippen molar-refractivity contribution in [1.82, 2.24) is 0 Å². The Morgan fingerprint density at radius 3 is 0.857 bits per heavy atom. The van der Waals surface area contributed by atoms with Gasteiger partial charge in [0.1, 0.15) is 0 Å². The summed E-state index contributed by atoms with van der Waals surface area (Å²) in [6.07, 6.45) is -4.49. The zero-order chi connectivity index (χ0) is 33.9. The molecule has 0 saturated heterocycles. The molecule has 0 unspecified atom stereocenters. The van der Waals surface area contributed by atoms with Gasteiger partial charge in [-0.05, 0) is 22.1 Å². The van der Waals surface area contributed by atoms with Crippen molar-refractivity contribution in [2.45, 2.75) is 70.2 Å². The molecule has 0 N–H and O–H groups in total. The van der Waals surface area contributed by atoms with Crippen LogP contribution in [0.1, 0.15) is 37.5 Å². The van der Waals surface area contributed by atoms with E-state index in [1.54, 1.807) is 0 Å². The second-order valence-corrected chi connectivity index (χ2v) is 18.6. The number of hydrogen-bond acceptors (Lipinski definition) is 8. The van der Waals surface area contributed by atoms with E-state index in [0.717, 1.165) is 0 Å². The van der Waals surface area contributed by atoms with Crippen molar-refractivity contribution >= 4 is 39.3 Å². The molecule has 0 aliphatic heterocycles. The highest BCUT2D eigenvalue weighted by Crippen LogP contribution is 2.40. The average molecular weight is 719 g/mol. The van der Waals surface area contributed by atoms with Crippen LogP contribution < -0.4 is 0 Å². The van der Waals surface area contributed by atoms with Crippen LogP contribution >= 0.6 is 0 Å². The predicted octanol–water partition coefficient (Wildman–Crippen LogP) is 4.46. The lowest BCUT2D eigenvalue weighted by molar-refractivity contribution is -0.0483. The van der Waals surface area contributed by atoms with Crippen LogP contribution in [0.15, 0.2) is 18.2 Å². The monoisotopic (exact) mass is 718 g/mol. The van der Waals surface area contributed by atoms with E-state index >= 15 is 0 Å². The summed E-state index contributed by atoms with van der Waals surface area (Å²) in [5, 5.41) is 0. The predicted molar refractivity (Wildman–Crippen MR) is 120 cm³/mol. The molecule has 0 aliphatic rings. The Kier molecular flexibility index (Phi) is 9.97. The van der Waals surface area contributed by atoms with E-state index in [2.05, 4.69) is 0 Å². The van der Waals surface area contributed by atoms with Crippen LogP contribution in [-0.4, -0.2) is 64.9 Å². The van der Waals surface area contributed by atoms with E-state index in [1.807, 2.05) is 0 Å². The minimum Gasteiger partial charge on any atom is -0.218 e. The number of rotatable bonds is 8. The van der Waals surface area contributed by atoms with Gasteiger partial charge in [0, 0.05) is 12.8 Å². The highest BCUT2D eigenvalue weighted by atomic mass is 32.3. The molecule has 42 heavy (non-hydrogen) atoms. The summed E-state index contributed by atoms with van der Waals surface area (Å²) in [7, 11) is -29.0. The number of halogens is 12. The molecule has 0 fully saturated rings. The van der Waals surface area contributed by atoms with Gasteiger partial charge in [0.15, 0.2) is 9.16 Å². The molecule has 1 aromatic rings. The molecule has 1 rings (SSSR count).